The van der Waals surface area contributed by atoms with Gasteiger partial charge in [0.2, 0.25) is 0 Å². The Morgan fingerprint density at radius 3 is 2.78 bits per heavy atom. The van der Waals surface area contributed by atoms with E-state index in [1.165, 1.54) is 0 Å². The van der Waals surface area contributed by atoms with Crippen LogP contribution in [0, 0.1) is 5.92 Å². The van der Waals surface area contributed by atoms with Crippen molar-refractivity contribution >= 4 is 23.3 Å². The van der Waals surface area contributed by atoms with Crippen molar-refractivity contribution in [2.24, 2.45) is 5.92 Å². The number of carboxylic acid groups (broad SMARTS) is 1. The van der Waals surface area contributed by atoms with Crippen LogP contribution in [0.15, 0.2) is 0 Å². The summed E-state index contributed by atoms with van der Waals surface area (Å²) in [6.45, 7) is 1.57. The van der Waals surface area contributed by atoms with Gasteiger partial charge in [0.25, 0.3) is 0 Å². The Labute approximate surface area is 57.4 Å². The molecular formula is C5H8O3S. The molecule has 0 aromatic rings. The highest BCUT2D eigenvalue weighted by Gasteiger charge is 2.09. The minimum absolute atomic E-state index is 0.360. The van der Waals surface area contributed by atoms with Crippen molar-refractivity contribution in [3.63, 3.8) is 0 Å². The van der Waals surface area contributed by atoms with Crippen LogP contribution >= 0.6 is 11.8 Å². The average Bonchev–Trinajstić information content (AvgIpc) is 1.82. The van der Waals surface area contributed by atoms with Crippen molar-refractivity contribution in [1.82, 2.24) is 0 Å². The van der Waals surface area contributed by atoms with E-state index in [0.29, 0.717) is 11.4 Å². The topological polar surface area (TPSA) is 54.4 Å². The molecule has 0 saturated carbocycles. The van der Waals surface area contributed by atoms with E-state index in [0.717, 1.165) is 11.8 Å². The molecule has 0 bridgehead atoms. The second-order valence-electron chi connectivity index (χ2n) is 1.67. The Kier molecular flexibility index (Phi) is 4.13. The number of carbonyl (C=O) groups excluding carboxylic acids is 1. The number of hydrogen-bond acceptors (Lipinski definition) is 3. The smallest absolute Gasteiger partial charge is 0.307 e. The summed E-state index contributed by atoms with van der Waals surface area (Å²) < 4.78 is 0. The summed E-state index contributed by atoms with van der Waals surface area (Å²) in [7, 11) is 0. The molecule has 0 radical (unpaired) electrons. The van der Waals surface area contributed by atoms with E-state index in [9.17, 15) is 9.59 Å². The maximum Gasteiger partial charge on any atom is 0.307 e. The number of thioether (sulfide) groups is 1. The first kappa shape index (κ1) is 8.49. The van der Waals surface area contributed by atoms with E-state index in [1.807, 2.05) is 0 Å². The van der Waals surface area contributed by atoms with Gasteiger partial charge in [0.15, 0.2) is 5.62 Å². The van der Waals surface area contributed by atoms with Gasteiger partial charge in [-0.25, -0.2) is 0 Å². The summed E-state index contributed by atoms with van der Waals surface area (Å²) >= 11 is 0.983. The molecule has 4 heteroatoms. The highest BCUT2D eigenvalue weighted by atomic mass is 32.2. The SMILES string of the molecule is CC(CSC=O)C(=O)O. The highest BCUT2D eigenvalue weighted by Crippen LogP contribution is 2.03. The maximum atomic E-state index is 10.1. The molecule has 3 nitrogen and oxygen atoms in total. The monoisotopic (exact) mass is 148 g/mol. The van der Waals surface area contributed by atoms with Crippen LogP contribution in [0.3, 0.4) is 0 Å². The summed E-state index contributed by atoms with van der Waals surface area (Å²) in [5.41, 5.74) is 0.652. The molecule has 1 unspecified atom stereocenters. The lowest BCUT2D eigenvalue weighted by molar-refractivity contribution is -0.140. The lowest BCUT2D eigenvalue weighted by atomic mass is 10.2. The third-order valence-corrected chi connectivity index (χ3v) is 1.66. The first-order valence-corrected chi connectivity index (χ1v) is 3.51. The molecular weight excluding hydrogens is 140 g/mol. The number of carboxylic acids is 1. The van der Waals surface area contributed by atoms with E-state index in [-0.39, 0.29) is 0 Å². The first-order valence-electron chi connectivity index (χ1n) is 2.46. The van der Waals surface area contributed by atoms with E-state index >= 15 is 0 Å². The lowest BCUT2D eigenvalue weighted by Crippen LogP contribution is -2.11. The van der Waals surface area contributed by atoms with Gasteiger partial charge < -0.3 is 5.11 Å². The molecule has 0 fully saturated rings. The second-order valence-corrected chi connectivity index (χ2v) is 2.53. The van der Waals surface area contributed by atoms with Crippen LogP contribution in [0.4, 0.5) is 0 Å². The zero-order valence-electron chi connectivity index (χ0n) is 5.03. The lowest BCUT2D eigenvalue weighted by Gasteiger charge is -1.99. The standard InChI is InChI=1S/C5H8O3S/c1-4(5(7)8)2-9-3-6/h3-4H,2H2,1H3,(H,7,8). The van der Waals surface area contributed by atoms with Crippen LogP contribution in [0.1, 0.15) is 6.92 Å². The van der Waals surface area contributed by atoms with Gasteiger partial charge in [-0.3, -0.25) is 9.59 Å². The first-order chi connectivity index (χ1) is 4.18. The highest BCUT2D eigenvalue weighted by molar-refractivity contribution is 8.11. The molecule has 0 aliphatic carbocycles. The summed E-state index contributed by atoms with van der Waals surface area (Å²) in [6, 6.07) is 0. The molecule has 9 heavy (non-hydrogen) atoms. The third kappa shape index (κ3) is 4.02. The largest absolute Gasteiger partial charge is 0.481 e. The molecule has 0 heterocycles. The summed E-state index contributed by atoms with van der Waals surface area (Å²) in [5.74, 6) is -0.928. The van der Waals surface area contributed by atoms with Gasteiger partial charge in [0.1, 0.15) is 0 Å². The van der Waals surface area contributed by atoms with Gasteiger partial charge in [0.05, 0.1) is 5.92 Å². The van der Waals surface area contributed by atoms with Crippen LogP contribution in [-0.2, 0) is 9.59 Å². The predicted octanol–water partition coefficient (Wildman–Crippen LogP) is 0.631. The number of aliphatic carboxylic acids is 1. The van der Waals surface area contributed by atoms with Gasteiger partial charge in [-0.05, 0) is 0 Å². The van der Waals surface area contributed by atoms with Crippen molar-refractivity contribution in [3.05, 3.63) is 0 Å². The van der Waals surface area contributed by atoms with Crippen molar-refractivity contribution in [1.29, 1.82) is 0 Å². The number of hydrogen-bond donors (Lipinski definition) is 1. The van der Waals surface area contributed by atoms with E-state index < -0.39 is 11.9 Å². The molecule has 0 aromatic heterocycles. The van der Waals surface area contributed by atoms with Crippen LogP contribution in [-0.4, -0.2) is 22.4 Å². The molecule has 1 atom stereocenters. The van der Waals surface area contributed by atoms with Crippen molar-refractivity contribution in [2.75, 3.05) is 5.75 Å². The van der Waals surface area contributed by atoms with E-state index in [1.54, 1.807) is 6.92 Å². The molecule has 52 valence electrons. The number of rotatable bonds is 4. The normalized spacial score (nSPS) is 12.6. The van der Waals surface area contributed by atoms with Crippen LogP contribution in [0.25, 0.3) is 0 Å². The van der Waals surface area contributed by atoms with Crippen molar-refractivity contribution in [2.45, 2.75) is 6.92 Å². The van der Waals surface area contributed by atoms with Gasteiger partial charge in [-0.2, -0.15) is 0 Å². The van der Waals surface area contributed by atoms with E-state index in [4.69, 9.17) is 5.11 Å². The molecule has 0 aliphatic heterocycles. The van der Waals surface area contributed by atoms with Gasteiger partial charge >= 0.3 is 5.97 Å². The minimum Gasteiger partial charge on any atom is -0.481 e. The van der Waals surface area contributed by atoms with Gasteiger partial charge in [-0.1, -0.05) is 18.7 Å². The van der Waals surface area contributed by atoms with Crippen LogP contribution in [0.2, 0.25) is 0 Å². The molecule has 0 saturated heterocycles. The molecule has 0 amide bonds. The maximum absolute atomic E-state index is 10.1. The Morgan fingerprint density at radius 1 is 1.89 bits per heavy atom. The van der Waals surface area contributed by atoms with Gasteiger partial charge in [-0.15, -0.1) is 0 Å². The zero-order valence-corrected chi connectivity index (χ0v) is 5.85. The van der Waals surface area contributed by atoms with Crippen molar-refractivity contribution < 1.29 is 14.7 Å². The summed E-state index contributed by atoms with van der Waals surface area (Å²) in [4.78, 5) is 19.8. The molecule has 0 spiro atoms. The Bertz CT molecular complexity index is 113. The van der Waals surface area contributed by atoms with E-state index in [2.05, 4.69) is 0 Å². The Morgan fingerprint density at radius 2 is 2.44 bits per heavy atom. The van der Waals surface area contributed by atoms with Crippen LogP contribution in [0.5, 0.6) is 0 Å². The fourth-order valence-corrected chi connectivity index (χ4v) is 0.765. The fraction of sp³-hybridized carbons (Fsp3) is 0.600. The molecule has 1 N–H and O–H groups in total. The molecule has 0 rings (SSSR count). The molecule has 0 aromatic carbocycles. The number of carbonyl (C=O) groups is 2. The Hall–Kier alpha value is -0.510. The van der Waals surface area contributed by atoms with Crippen molar-refractivity contribution in [3.8, 4) is 0 Å². The summed E-state index contributed by atoms with van der Waals surface area (Å²) in [5, 5.41) is 8.28. The third-order valence-electron chi connectivity index (χ3n) is 0.836. The fourth-order valence-electron chi connectivity index (χ4n) is 0.255. The average molecular weight is 148 g/mol. The van der Waals surface area contributed by atoms with Gasteiger partial charge in [0, 0.05) is 5.75 Å². The Balaban J connectivity index is 3.37. The molecule has 0 aliphatic rings. The zero-order chi connectivity index (χ0) is 7.28. The van der Waals surface area contributed by atoms with Crippen LogP contribution < -0.4 is 0 Å². The summed E-state index contributed by atoms with van der Waals surface area (Å²) in [6.07, 6.45) is 0. The predicted molar refractivity (Wildman–Crippen MR) is 36.0 cm³/mol. The minimum atomic E-state index is -0.857. The quantitative estimate of drug-likeness (QED) is 0.594. The second kappa shape index (κ2) is 4.38.